The predicted octanol–water partition coefficient (Wildman–Crippen LogP) is 22.1. The summed E-state index contributed by atoms with van der Waals surface area (Å²) < 4.78 is 68.4. The molecule has 558 valence electrons. The van der Waals surface area contributed by atoms with Crippen molar-refractivity contribution in [2.75, 3.05) is 39.6 Å². The Balaban J connectivity index is 5.18. The number of aliphatic hydroxyl groups excluding tert-OH is 1. The Kier molecular flexibility index (Phi) is 66.8. The maximum absolute atomic E-state index is 13.1. The summed E-state index contributed by atoms with van der Waals surface area (Å²) in [5.41, 5.74) is 0. The maximum Gasteiger partial charge on any atom is 0.472 e. The van der Waals surface area contributed by atoms with Crippen LogP contribution in [0.15, 0.2) is 0 Å². The van der Waals surface area contributed by atoms with E-state index >= 15 is 0 Å². The van der Waals surface area contributed by atoms with Crippen LogP contribution in [0.4, 0.5) is 0 Å². The van der Waals surface area contributed by atoms with Gasteiger partial charge in [0, 0.05) is 25.7 Å². The molecule has 0 heterocycles. The Labute approximate surface area is 575 Å². The van der Waals surface area contributed by atoms with Crippen LogP contribution in [0.5, 0.6) is 0 Å². The molecule has 2 unspecified atom stereocenters. The zero-order valence-corrected chi connectivity index (χ0v) is 62.9. The zero-order chi connectivity index (χ0) is 69.1. The van der Waals surface area contributed by atoms with E-state index in [9.17, 15) is 43.2 Å². The second kappa shape index (κ2) is 68.2. The van der Waals surface area contributed by atoms with Crippen LogP contribution in [0.25, 0.3) is 0 Å². The molecule has 3 N–H and O–H groups in total. The van der Waals surface area contributed by atoms with Crippen LogP contribution in [0.2, 0.25) is 0 Å². The molecule has 94 heavy (non-hydrogen) atoms. The summed E-state index contributed by atoms with van der Waals surface area (Å²) in [4.78, 5) is 72.7. The lowest BCUT2D eigenvalue weighted by molar-refractivity contribution is -0.161. The molecule has 19 heteroatoms. The summed E-state index contributed by atoms with van der Waals surface area (Å²) in [5.74, 6) is -1.40. The third-order valence-corrected chi connectivity index (χ3v) is 19.4. The minimum absolute atomic E-state index is 0.105. The van der Waals surface area contributed by atoms with Gasteiger partial charge in [0.1, 0.15) is 19.3 Å². The van der Waals surface area contributed by atoms with Crippen molar-refractivity contribution in [1.82, 2.24) is 0 Å². The number of ether oxygens (including phenoxy) is 4. The summed E-state index contributed by atoms with van der Waals surface area (Å²) in [6.45, 7) is 7.23. The second-order valence-corrected chi connectivity index (χ2v) is 30.4. The number of carbonyl (C=O) groups excluding carboxylic acids is 4. The average Bonchev–Trinajstić information content (AvgIpc) is 2.30. The third kappa shape index (κ3) is 68.6. The predicted molar refractivity (Wildman–Crippen MR) is 382 cm³/mol. The number of hydrogen-bond acceptors (Lipinski definition) is 15. The Morgan fingerprint density at radius 2 is 0.489 bits per heavy atom. The first kappa shape index (κ1) is 92.1. The molecule has 0 aliphatic carbocycles. The van der Waals surface area contributed by atoms with Gasteiger partial charge >= 0.3 is 39.5 Å². The van der Waals surface area contributed by atoms with Crippen LogP contribution in [0.1, 0.15) is 394 Å². The molecule has 0 fully saturated rings. The number of esters is 4. The van der Waals surface area contributed by atoms with Gasteiger partial charge in [-0.05, 0) is 31.6 Å². The molecule has 0 aromatic carbocycles. The van der Waals surface area contributed by atoms with Crippen molar-refractivity contribution in [3.63, 3.8) is 0 Å². The van der Waals surface area contributed by atoms with Gasteiger partial charge in [-0.15, -0.1) is 0 Å². The zero-order valence-electron chi connectivity index (χ0n) is 61.1. The molecular weight excluding hydrogens is 1230 g/mol. The van der Waals surface area contributed by atoms with Gasteiger partial charge in [-0.1, -0.05) is 343 Å². The molecule has 0 aromatic rings. The van der Waals surface area contributed by atoms with E-state index in [4.69, 9.17) is 37.0 Å². The summed E-state index contributed by atoms with van der Waals surface area (Å²) in [5, 5.41) is 10.6. The van der Waals surface area contributed by atoms with Gasteiger partial charge < -0.3 is 33.8 Å². The molecule has 0 aromatic heterocycles. The molecule has 0 aliphatic heterocycles. The average molecular weight is 1380 g/mol. The van der Waals surface area contributed by atoms with E-state index in [0.717, 1.165) is 95.8 Å². The lowest BCUT2D eigenvalue weighted by Crippen LogP contribution is -2.30. The quantitative estimate of drug-likeness (QED) is 0.0222. The lowest BCUT2D eigenvalue weighted by atomic mass is 10.0. The van der Waals surface area contributed by atoms with E-state index in [2.05, 4.69) is 34.6 Å². The van der Waals surface area contributed by atoms with Crippen molar-refractivity contribution >= 4 is 39.5 Å². The van der Waals surface area contributed by atoms with Crippen molar-refractivity contribution < 1.29 is 80.2 Å². The fourth-order valence-electron chi connectivity index (χ4n) is 11.5. The van der Waals surface area contributed by atoms with Gasteiger partial charge in [-0.2, -0.15) is 0 Å². The highest BCUT2D eigenvalue weighted by Crippen LogP contribution is 2.45. The Morgan fingerprint density at radius 1 is 0.287 bits per heavy atom. The molecule has 0 aliphatic rings. The summed E-state index contributed by atoms with van der Waals surface area (Å²) in [6.07, 6.45) is 57.0. The lowest BCUT2D eigenvalue weighted by Gasteiger charge is -2.21. The first-order valence-electron chi connectivity index (χ1n) is 39.1. The van der Waals surface area contributed by atoms with Crippen LogP contribution in [-0.4, -0.2) is 96.7 Å². The number of rotatable bonds is 75. The van der Waals surface area contributed by atoms with Crippen LogP contribution in [0.3, 0.4) is 0 Å². The molecule has 17 nitrogen and oxygen atoms in total. The molecular formula is C75H146O17P2. The van der Waals surface area contributed by atoms with Crippen molar-refractivity contribution in [2.45, 2.75) is 412 Å². The summed E-state index contributed by atoms with van der Waals surface area (Å²) >= 11 is 0. The summed E-state index contributed by atoms with van der Waals surface area (Å²) in [6, 6.07) is 0. The second-order valence-electron chi connectivity index (χ2n) is 27.5. The molecule has 0 bridgehead atoms. The fourth-order valence-corrected chi connectivity index (χ4v) is 13.1. The number of carbonyl (C=O) groups is 4. The summed E-state index contributed by atoms with van der Waals surface area (Å²) in [7, 11) is -9.90. The molecule has 0 radical (unpaired) electrons. The number of phosphoric acid groups is 2. The topological polar surface area (TPSA) is 237 Å². The molecule has 0 saturated heterocycles. The number of hydrogen-bond donors (Lipinski definition) is 3. The van der Waals surface area contributed by atoms with E-state index in [0.29, 0.717) is 25.7 Å². The first-order valence-corrected chi connectivity index (χ1v) is 42.1. The Morgan fingerprint density at radius 3 is 0.723 bits per heavy atom. The number of aliphatic hydroxyl groups is 1. The minimum Gasteiger partial charge on any atom is -0.462 e. The van der Waals surface area contributed by atoms with Crippen LogP contribution in [0, 0.1) is 5.92 Å². The van der Waals surface area contributed by atoms with E-state index in [1.807, 2.05) is 0 Å². The van der Waals surface area contributed by atoms with Crippen molar-refractivity contribution in [3.05, 3.63) is 0 Å². The van der Waals surface area contributed by atoms with Crippen molar-refractivity contribution in [3.8, 4) is 0 Å². The smallest absolute Gasteiger partial charge is 0.462 e. The van der Waals surface area contributed by atoms with Gasteiger partial charge in [-0.3, -0.25) is 37.3 Å². The van der Waals surface area contributed by atoms with Crippen LogP contribution < -0.4 is 0 Å². The highest BCUT2D eigenvalue weighted by Gasteiger charge is 2.30. The van der Waals surface area contributed by atoms with E-state index < -0.39 is 97.5 Å². The Hall–Kier alpha value is -1.94. The molecule has 0 spiro atoms. The minimum atomic E-state index is -4.95. The maximum atomic E-state index is 13.1. The van der Waals surface area contributed by atoms with E-state index in [1.54, 1.807) is 0 Å². The molecule has 0 amide bonds. The standard InChI is InChI=1S/C75H146O17P2/c1-6-9-12-15-18-21-24-26-27-28-29-30-31-32-33-34-36-39-45-50-55-60-74(79)91-70(64-86-73(78)59-54-49-44-38-35-25-22-19-16-13-10-7-2)66-89-93(81,82)87-62-69(76)63-88-94(83,84)90-67-71(65-85-72(77)58-53-48-43-37-23-20-17-14-11-8-3)92-75(80)61-56-51-46-41-40-42-47-52-57-68(4)5/h68-71,76H,6-67H2,1-5H3,(H,81,82)(H,83,84)/t69-,70-,71-/m1/s1. The van der Waals surface area contributed by atoms with Crippen molar-refractivity contribution in [2.24, 2.45) is 5.92 Å². The number of phosphoric ester groups is 2. The molecule has 0 rings (SSSR count). The SMILES string of the molecule is CCCCCCCCCCCCCCCCCCCCCCCC(=O)O[C@H](COC(=O)CCCCCCCCCCCCCC)COP(=O)(O)OC[C@@H](O)COP(=O)(O)OC[C@@H](COC(=O)CCCCCCCCCCCC)OC(=O)CCCCCCCCCCC(C)C. The molecule has 5 atom stereocenters. The Bertz CT molecular complexity index is 1810. The van der Waals surface area contributed by atoms with Gasteiger partial charge in [0.2, 0.25) is 0 Å². The third-order valence-electron chi connectivity index (χ3n) is 17.5. The first-order chi connectivity index (χ1) is 45.5. The van der Waals surface area contributed by atoms with Gasteiger partial charge in [0.15, 0.2) is 12.2 Å². The largest absolute Gasteiger partial charge is 0.472 e. The van der Waals surface area contributed by atoms with Crippen LogP contribution >= 0.6 is 15.6 Å². The van der Waals surface area contributed by atoms with Gasteiger partial charge in [-0.25, -0.2) is 9.13 Å². The van der Waals surface area contributed by atoms with Gasteiger partial charge in [0.05, 0.1) is 26.4 Å². The fraction of sp³-hybridized carbons (Fsp3) is 0.947. The number of unbranched alkanes of at least 4 members (excludes halogenated alkanes) is 47. The highest BCUT2D eigenvalue weighted by molar-refractivity contribution is 7.47. The van der Waals surface area contributed by atoms with Crippen LogP contribution in [-0.2, 0) is 65.4 Å². The normalized spacial score (nSPS) is 14.0. The monoisotopic (exact) mass is 1380 g/mol. The molecule has 0 saturated carbocycles. The highest BCUT2D eigenvalue weighted by atomic mass is 31.2. The van der Waals surface area contributed by atoms with Crippen molar-refractivity contribution in [1.29, 1.82) is 0 Å². The van der Waals surface area contributed by atoms with E-state index in [1.165, 1.54) is 218 Å². The van der Waals surface area contributed by atoms with E-state index in [-0.39, 0.29) is 25.7 Å². The van der Waals surface area contributed by atoms with Gasteiger partial charge in [0.25, 0.3) is 0 Å².